The van der Waals surface area contributed by atoms with E-state index in [1.54, 1.807) is 19.1 Å². The van der Waals surface area contributed by atoms with Crippen molar-refractivity contribution in [3.8, 4) is 0 Å². The van der Waals surface area contributed by atoms with Crippen LogP contribution < -0.4 is 4.72 Å². The lowest BCUT2D eigenvalue weighted by Gasteiger charge is -2.08. The Bertz CT molecular complexity index is 766. The van der Waals surface area contributed by atoms with E-state index in [-0.39, 0.29) is 9.77 Å². The van der Waals surface area contributed by atoms with Gasteiger partial charge in [-0.15, -0.1) is 11.3 Å². The lowest BCUT2D eigenvalue weighted by Crippen LogP contribution is -2.13. The lowest BCUT2D eigenvalue weighted by molar-refractivity contribution is 0.0697. The Balaban J connectivity index is 2.33. The maximum absolute atomic E-state index is 12.2. The summed E-state index contributed by atoms with van der Waals surface area (Å²) in [6, 6.07) is 4.45. The summed E-state index contributed by atoms with van der Waals surface area (Å²) < 4.78 is 26.7. The van der Waals surface area contributed by atoms with Crippen LogP contribution >= 0.6 is 11.3 Å². The van der Waals surface area contributed by atoms with Crippen LogP contribution in [-0.4, -0.2) is 24.5 Å². The molecule has 0 aliphatic carbocycles. The van der Waals surface area contributed by atoms with Crippen molar-refractivity contribution >= 4 is 33.0 Å². The van der Waals surface area contributed by atoms with Crippen molar-refractivity contribution in [1.82, 2.24) is 4.98 Å². The Kier molecular flexibility index (Phi) is 3.78. The van der Waals surface area contributed by atoms with Gasteiger partial charge in [-0.1, -0.05) is 0 Å². The average Bonchev–Trinajstić information content (AvgIpc) is 2.83. The van der Waals surface area contributed by atoms with Crippen LogP contribution in [0.4, 0.5) is 5.69 Å². The summed E-state index contributed by atoms with van der Waals surface area (Å²) in [5.41, 5.74) is 1.67. The van der Waals surface area contributed by atoms with E-state index in [9.17, 15) is 13.2 Å². The number of sulfonamides is 1. The molecular weight excluding hydrogens is 300 g/mol. The Labute approximate surface area is 120 Å². The number of aromatic nitrogens is 1. The second-order valence-corrected chi connectivity index (χ2v) is 6.97. The molecule has 0 saturated carbocycles. The topological polar surface area (TPSA) is 96.4 Å². The summed E-state index contributed by atoms with van der Waals surface area (Å²) in [5.74, 6) is -1.16. The molecule has 2 aromatic rings. The van der Waals surface area contributed by atoms with Crippen LogP contribution in [-0.2, 0) is 10.0 Å². The van der Waals surface area contributed by atoms with Crippen LogP contribution in [0.2, 0.25) is 0 Å². The molecule has 2 rings (SSSR count). The highest BCUT2D eigenvalue weighted by molar-refractivity contribution is 7.94. The van der Waals surface area contributed by atoms with E-state index >= 15 is 0 Å². The first-order chi connectivity index (χ1) is 9.29. The van der Waals surface area contributed by atoms with E-state index in [1.807, 2.05) is 6.92 Å². The quantitative estimate of drug-likeness (QED) is 0.902. The number of nitrogens with zero attached hydrogens (tertiary/aromatic N) is 1. The first-order valence-corrected chi connectivity index (χ1v) is 7.95. The maximum atomic E-state index is 12.2. The van der Waals surface area contributed by atoms with Crippen LogP contribution in [0.1, 0.15) is 21.7 Å². The van der Waals surface area contributed by atoms with Crippen molar-refractivity contribution in [2.24, 2.45) is 0 Å². The Hall–Kier alpha value is -1.93. The average molecular weight is 312 g/mol. The predicted molar refractivity (Wildman–Crippen MR) is 75.8 cm³/mol. The molecule has 2 heterocycles. The van der Waals surface area contributed by atoms with Gasteiger partial charge in [0.05, 0.1) is 16.9 Å². The lowest BCUT2D eigenvalue weighted by atomic mass is 10.3. The van der Waals surface area contributed by atoms with Gasteiger partial charge in [0, 0.05) is 11.1 Å². The zero-order valence-electron chi connectivity index (χ0n) is 10.7. The molecule has 0 aliphatic rings. The van der Waals surface area contributed by atoms with Crippen LogP contribution in [0.3, 0.4) is 0 Å². The van der Waals surface area contributed by atoms with E-state index in [4.69, 9.17) is 5.11 Å². The zero-order valence-corrected chi connectivity index (χ0v) is 12.4. The molecule has 0 amide bonds. The van der Waals surface area contributed by atoms with Crippen LogP contribution in [0.5, 0.6) is 0 Å². The molecule has 0 bridgehead atoms. The predicted octanol–water partition coefficient (Wildman–Crippen LogP) is 2.26. The van der Waals surface area contributed by atoms with Crippen molar-refractivity contribution in [2.45, 2.75) is 18.1 Å². The van der Waals surface area contributed by atoms with Crippen molar-refractivity contribution in [3.05, 3.63) is 40.5 Å². The Morgan fingerprint density at radius 3 is 2.60 bits per heavy atom. The fraction of sp³-hybridized carbons (Fsp3) is 0.167. The van der Waals surface area contributed by atoms with Crippen molar-refractivity contribution in [3.63, 3.8) is 0 Å². The molecule has 0 fully saturated rings. The first kappa shape index (κ1) is 14.5. The van der Waals surface area contributed by atoms with E-state index in [0.717, 1.165) is 23.1 Å². The number of carbonyl (C=O) groups is 1. The van der Waals surface area contributed by atoms with Crippen LogP contribution in [0.15, 0.2) is 27.8 Å². The number of carboxylic acids is 1. The van der Waals surface area contributed by atoms with Gasteiger partial charge in [-0.2, -0.15) is 0 Å². The number of aryl methyl sites for hydroxylation is 2. The molecule has 106 valence electrons. The van der Waals surface area contributed by atoms with Gasteiger partial charge < -0.3 is 5.11 Å². The molecule has 2 aromatic heterocycles. The second kappa shape index (κ2) is 5.22. The summed E-state index contributed by atoms with van der Waals surface area (Å²) in [5, 5.41) is 10.1. The largest absolute Gasteiger partial charge is 0.478 e. The summed E-state index contributed by atoms with van der Waals surface area (Å²) in [7, 11) is -3.80. The number of aromatic carboxylic acids is 1. The Morgan fingerprint density at radius 2 is 2.05 bits per heavy atom. The highest BCUT2D eigenvalue weighted by Crippen LogP contribution is 2.24. The third-order valence-electron chi connectivity index (χ3n) is 2.56. The van der Waals surface area contributed by atoms with Gasteiger partial charge in [0.2, 0.25) is 0 Å². The summed E-state index contributed by atoms with van der Waals surface area (Å²) in [4.78, 5) is 14.9. The standard InChI is InChI=1S/C12H12N2O4S2/c1-7-3-4-10(8(2)13-7)14-20(17,18)11-5-9(6-19-11)12(15)16/h3-6,14H,1-2H3,(H,15,16). The van der Waals surface area contributed by atoms with Crippen molar-refractivity contribution in [2.75, 3.05) is 4.72 Å². The van der Waals surface area contributed by atoms with Gasteiger partial charge in [-0.05, 0) is 32.0 Å². The number of anilines is 1. The number of hydrogen-bond donors (Lipinski definition) is 2. The molecule has 2 N–H and O–H groups in total. The third kappa shape index (κ3) is 2.97. The number of rotatable bonds is 4. The number of thiophene rings is 1. The number of carboxylic acid groups (broad SMARTS) is 1. The molecule has 8 heteroatoms. The number of nitrogens with one attached hydrogen (secondary N) is 1. The van der Waals surface area contributed by atoms with Gasteiger partial charge in [0.1, 0.15) is 4.21 Å². The molecule has 20 heavy (non-hydrogen) atoms. The molecule has 0 aliphatic heterocycles. The van der Waals surface area contributed by atoms with Crippen molar-refractivity contribution in [1.29, 1.82) is 0 Å². The summed E-state index contributed by atoms with van der Waals surface area (Å²) in [6.07, 6.45) is 0. The van der Waals surface area contributed by atoms with E-state index in [0.29, 0.717) is 11.4 Å². The highest BCUT2D eigenvalue weighted by Gasteiger charge is 2.19. The molecule has 0 atom stereocenters. The van der Waals surface area contributed by atoms with E-state index in [2.05, 4.69) is 9.71 Å². The minimum absolute atomic E-state index is 0.0464. The fourth-order valence-electron chi connectivity index (χ4n) is 1.56. The number of hydrogen-bond acceptors (Lipinski definition) is 5. The second-order valence-electron chi connectivity index (χ2n) is 4.15. The molecule has 0 unspecified atom stereocenters. The maximum Gasteiger partial charge on any atom is 0.336 e. The minimum atomic E-state index is -3.80. The molecule has 6 nitrogen and oxygen atoms in total. The number of pyridine rings is 1. The molecule has 0 radical (unpaired) electrons. The smallest absolute Gasteiger partial charge is 0.336 e. The molecule has 0 spiro atoms. The summed E-state index contributed by atoms with van der Waals surface area (Å²) in [6.45, 7) is 3.51. The SMILES string of the molecule is Cc1ccc(NS(=O)(=O)c2cc(C(=O)O)cs2)c(C)n1. The zero-order chi connectivity index (χ0) is 14.9. The minimum Gasteiger partial charge on any atom is -0.478 e. The fourth-order valence-corrected chi connectivity index (χ4v) is 3.83. The van der Waals surface area contributed by atoms with Crippen molar-refractivity contribution < 1.29 is 18.3 Å². The van der Waals surface area contributed by atoms with Gasteiger partial charge in [-0.25, -0.2) is 13.2 Å². The van der Waals surface area contributed by atoms with Gasteiger partial charge >= 0.3 is 5.97 Å². The molecular formula is C12H12N2O4S2. The Morgan fingerprint density at radius 1 is 1.35 bits per heavy atom. The van der Waals surface area contributed by atoms with Gasteiger partial charge in [0.15, 0.2) is 0 Å². The van der Waals surface area contributed by atoms with Gasteiger partial charge in [-0.3, -0.25) is 9.71 Å². The van der Waals surface area contributed by atoms with Crippen LogP contribution in [0.25, 0.3) is 0 Å². The normalized spacial score (nSPS) is 11.3. The van der Waals surface area contributed by atoms with Crippen LogP contribution in [0, 0.1) is 13.8 Å². The van der Waals surface area contributed by atoms with E-state index < -0.39 is 16.0 Å². The van der Waals surface area contributed by atoms with E-state index in [1.165, 1.54) is 5.38 Å². The van der Waals surface area contributed by atoms with Gasteiger partial charge in [0.25, 0.3) is 10.0 Å². The third-order valence-corrected chi connectivity index (χ3v) is 5.36. The monoisotopic (exact) mass is 312 g/mol. The first-order valence-electron chi connectivity index (χ1n) is 5.58. The molecule has 0 saturated heterocycles. The summed E-state index contributed by atoms with van der Waals surface area (Å²) >= 11 is 0.861. The highest BCUT2D eigenvalue weighted by atomic mass is 32.2. The molecule has 0 aromatic carbocycles.